The molecule has 2 N–H and O–H groups in total. The summed E-state index contributed by atoms with van der Waals surface area (Å²) in [6.45, 7) is 13.0. The number of hydrogen-bond acceptors (Lipinski definition) is 3. The third kappa shape index (κ3) is 3.89. The van der Waals surface area contributed by atoms with Crippen molar-refractivity contribution in [1.82, 2.24) is 9.78 Å². The van der Waals surface area contributed by atoms with Crippen molar-refractivity contribution in [1.29, 1.82) is 0 Å². The molecular weight excluding hydrogens is 318 g/mol. The molecule has 1 aromatic carbocycles. The Balaban J connectivity index is 2.26. The normalized spacial score (nSPS) is 13.8. The highest BCUT2D eigenvalue weighted by molar-refractivity contribution is 8.30. The SMILES string of the molecule is CC(C)(C)c1cc(N)n(-c2ccc(OS(C)(C)C(C)(C)C)cc2)n1. The third-order valence-electron chi connectivity index (χ3n) is 4.37. The summed E-state index contributed by atoms with van der Waals surface area (Å²) in [5.41, 5.74) is 8.04. The van der Waals surface area contributed by atoms with Crippen LogP contribution in [0.3, 0.4) is 0 Å². The zero-order chi connectivity index (χ0) is 18.3. The van der Waals surface area contributed by atoms with E-state index in [1.807, 2.05) is 30.3 Å². The van der Waals surface area contributed by atoms with Crippen LogP contribution in [0.25, 0.3) is 5.69 Å². The monoisotopic (exact) mass is 349 g/mol. The van der Waals surface area contributed by atoms with Crippen LogP contribution in [0.2, 0.25) is 0 Å². The van der Waals surface area contributed by atoms with Crippen LogP contribution in [-0.2, 0) is 5.41 Å². The summed E-state index contributed by atoms with van der Waals surface area (Å²) in [6, 6.07) is 9.94. The Morgan fingerprint density at radius 2 is 1.54 bits per heavy atom. The van der Waals surface area contributed by atoms with Gasteiger partial charge >= 0.3 is 0 Å². The number of hydrogen-bond donors (Lipinski definition) is 1. The Morgan fingerprint density at radius 3 is 1.96 bits per heavy atom. The molecule has 0 bridgehead atoms. The van der Waals surface area contributed by atoms with Gasteiger partial charge in [0.15, 0.2) is 0 Å². The Bertz CT molecular complexity index is 704. The topological polar surface area (TPSA) is 53.1 Å². The molecule has 0 aliphatic rings. The van der Waals surface area contributed by atoms with Gasteiger partial charge in [0.2, 0.25) is 0 Å². The van der Waals surface area contributed by atoms with Crippen LogP contribution in [-0.4, -0.2) is 27.0 Å². The van der Waals surface area contributed by atoms with Crippen LogP contribution >= 0.6 is 10.3 Å². The van der Waals surface area contributed by atoms with E-state index in [4.69, 9.17) is 9.92 Å². The molecule has 0 atom stereocenters. The van der Waals surface area contributed by atoms with Crippen molar-refractivity contribution in [2.75, 3.05) is 18.2 Å². The van der Waals surface area contributed by atoms with Crippen molar-refractivity contribution in [3.05, 3.63) is 36.0 Å². The quantitative estimate of drug-likeness (QED) is 0.856. The van der Waals surface area contributed by atoms with Crippen LogP contribution in [0.1, 0.15) is 47.2 Å². The maximum atomic E-state index is 6.27. The molecular formula is C19H31N3OS. The van der Waals surface area contributed by atoms with Gasteiger partial charge in [-0.25, -0.2) is 4.68 Å². The lowest BCUT2D eigenvalue weighted by atomic mass is 9.92. The molecule has 5 heteroatoms. The zero-order valence-electron chi connectivity index (χ0n) is 16.2. The first-order valence-electron chi connectivity index (χ1n) is 8.20. The number of rotatable bonds is 3. The number of nitrogen functional groups attached to an aromatic ring is 1. The largest absolute Gasteiger partial charge is 0.449 e. The van der Waals surface area contributed by atoms with E-state index in [1.54, 1.807) is 4.68 Å². The van der Waals surface area contributed by atoms with Gasteiger partial charge in [-0.05, 0) is 57.5 Å². The number of anilines is 1. The summed E-state index contributed by atoms with van der Waals surface area (Å²) >= 11 is 0. The van der Waals surface area contributed by atoms with E-state index in [1.165, 1.54) is 0 Å². The standard InChI is InChI=1S/C19H31N3OS/c1-18(2,3)16-13-17(20)22(21-16)14-9-11-15(12-10-14)23-24(7,8)19(4,5)6/h9-13H,20H2,1-8H3. The van der Waals surface area contributed by atoms with E-state index in [2.05, 4.69) is 59.2 Å². The molecule has 0 saturated carbocycles. The van der Waals surface area contributed by atoms with Crippen LogP contribution in [0.4, 0.5) is 5.82 Å². The maximum absolute atomic E-state index is 6.27. The zero-order valence-corrected chi connectivity index (χ0v) is 17.0. The lowest BCUT2D eigenvalue weighted by Crippen LogP contribution is -2.27. The predicted molar refractivity (Wildman–Crippen MR) is 106 cm³/mol. The average Bonchev–Trinajstić information content (AvgIpc) is 2.80. The highest BCUT2D eigenvalue weighted by Crippen LogP contribution is 2.53. The minimum absolute atomic E-state index is 0.0253. The fourth-order valence-corrected chi connectivity index (χ4v) is 2.82. The molecule has 0 radical (unpaired) electrons. The van der Waals surface area contributed by atoms with E-state index in [-0.39, 0.29) is 10.2 Å². The van der Waals surface area contributed by atoms with Crippen molar-refractivity contribution in [2.45, 2.75) is 51.7 Å². The lowest BCUT2D eigenvalue weighted by molar-refractivity contribution is 0.560. The molecule has 24 heavy (non-hydrogen) atoms. The minimum atomic E-state index is -1.20. The molecule has 0 saturated heterocycles. The molecule has 2 rings (SSSR count). The van der Waals surface area contributed by atoms with Crippen LogP contribution < -0.4 is 9.92 Å². The third-order valence-corrected chi connectivity index (χ3v) is 7.92. The van der Waals surface area contributed by atoms with Gasteiger partial charge in [-0.1, -0.05) is 31.1 Å². The Labute approximate surface area is 147 Å². The molecule has 0 amide bonds. The smallest absolute Gasteiger partial charge is 0.135 e. The van der Waals surface area contributed by atoms with Crippen LogP contribution in [0.5, 0.6) is 5.75 Å². The maximum Gasteiger partial charge on any atom is 0.135 e. The van der Waals surface area contributed by atoms with E-state index in [0.29, 0.717) is 5.82 Å². The second-order valence-electron chi connectivity index (χ2n) is 8.54. The number of aromatic nitrogens is 2. The molecule has 0 fully saturated rings. The molecule has 0 unspecified atom stereocenters. The summed E-state index contributed by atoms with van der Waals surface area (Å²) in [4.78, 5) is 0. The van der Waals surface area contributed by atoms with Gasteiger partial charge in [-0.2, -0.15) is 5.10 Å². The molecule has 1 aromatic heterocycles. The summed E-state index contributed by atoms with van der Waals surface area (Å²) < 4.78 is 8.18. The highest BCUT2D eigenvalue weighted by atomic mass is 32.3. The van der Waals surface area contributed by atoms with Gasteiger partial charge in [0.1, 0.15) is 11.6 Å². The molecule has 0 aliphatic heterocycles. The number of nitrogens with two attached hydrogens (primary N) is 1. The van der Waals surface area contributed by atoms with Crippen molar-refractivity contribution >= 4 is 16.1 Å². The first-order valence-corrected chi connectivity index (χ1v) is 10.6. The van der Waals surface area contributed by atoms with Gasteiger partial charge in [-0.15, -0.1) is 0 Å². The average molecular weight is 350 g/mol. The van der Waals surface area contributed by atoms with E-state index >= 15 is 0 Å². The van der Waals surface area contributed by atoms with Gasteiger partial charge in [-0.3, -0.25) is 0 Å². The Hall–Kier alpha value is -1.62. The fraction of sp³-hybridized carbons (Fsp3) is 0.526. The van der Waals surface area contributed by atoms with Crippen molar-refractivity contribution in [3.8, 4) is 11.4 Å². The van der Waals surface area contributed by atoms with Crippen LogP contribution in [0.15, 0.2) is 30.3 Å². The number of nitrogens with zero attached hydrogens (tertiary/aromatic N) is 2. The van der Waals surface area contributed by atoms with Gasteiger partial charge in [0.25, 0.3) is 0 Å². The molecule has 4 nitrogen and oxygen atoms in total. The Kier molecular flexibility index (Phi) is 4.70. The van der Waals surface area contributed by atoms with Gasteiger partial charge < -0.3 is 9.92 Å². The van der Waals surface area contributed by atoms with Crippen molar-refractivity contribution in [3.63, 3.8) is 0 Å². The summed E-state index contributed by atoms with van der Waals surface area (Å²) in [7, 11) is -1.20. The Morgan fingerprint density at radius 1 is 1.00 bits per heavy atom. The van der Waals surface area contributed by atoms with Crippen LogP contribution in [0, 0.1) is 0 Å². The molecule has 1 heterocycles. The first-order chi connectivity index (χ1) is 10.8. The predicted octanol–water partition coefficient (Wildman–Crippen LogP) is 4.91. The minimum Gasteiger partial charge on any atom is -0.449 e. The summed E-state index contributed by atoms with van der Waals surface area (Å²) in [5.74, 6) is 1.53. The summed E-state index contributed by atoms with van der Waals surface area (Å²) in [6.07, 6.45) is 4.39. The fourth-order valence-electron chi connectivity index (χ4n) is 1.98. The number of benzene rings is 1. The van der Waals surface area contributed by atoms with Crippen molar-refractivity contribution in [2.24, 2.45) is 0 Å². The van der Waals surface area contributed by atoms with Gasteiger partial charge in [0, 0.05) is 16.2 Å². The highest BCUT2D eigenvalue weighted by Gasteiger charge is 2.30. The molecule has 0 aliphatic carbocycles. The van der Waals surface area contributed by atoms with E-state index in [9.17, 15) is 0 Å². The first kappa shape index (κ1) is 18.7. The lowest BCUT2D eigenvalue weighted by Gasteiger charge is -2.43. The second-order valence-corrected chi connectivity index (χ2v) is 12.4. The molecule has 134 valence electrons. The van der Waals surface area contributed by atoms with Gasteiger partial charge in [0.05, 0.1) is 11.4 Å². The molecule has 0 spiro atoms. The van der Waals surface area contributed by atoms with E-state index in [0.717, 1.165) is 17.1 Å². The molecule has 2 aromatic rings. The summed E-state index contributed by atoms with van der Waals surface area (Å²) in [5, 5.41) is 4.65. The van der Waals surface area contributed by atoms with E-state index < -0.39 is 10.3 Å². The second kappa shape index (κ2) is 6.03. The van der Waals surface area contributed by atoms with Crippen molar-refractivity contribution < 1.29 is 4.18 Å².